The summed E-state index contributed by atoms with van der Waals surface area (Å²) in [5, 5.41) is 0.879. The van der Waals surface area contributed by atoms with Crippen molar-refractivity contribution in [1.82, 2.24) is 0 Å². The molecule has 24 heavy (non-hydrogen) atoms. The van der Waals surface area contributed by atoms with E-state index in [4.69, 9.17) is 25.5 Å². The maximum Gasteiger partial charge on any atom is 0.235 e. The van der Waals surface area contributed by atoms with Crippen LogP contribution in [0.5, 0.6) is 11.5 Å². The van der Waals surface area contributed by atoms with Gasteiger partial charge in [-0.2, -0.15) is 0 Å². The van der Waals surface area contributed by atoms with Crippen molar-refractivity contribution in [3.8, 4) is 22.8 Å². The Hall–Kier alpha value is -1.98. The van der Waals surface area contributed by atoms with E-state index in [1.165, 1.54) is 14.2 Å². The summed E-state index contributed by atoms with van der Waals surface area (Å²) in [6.07, 6.45) is 0. The second-order valence-electron chi connectivity index (χ2n) is 5.27. The monoisotopic (exact) mass is 408 g/mol. The number of benzene rings is 2. The molecule has 0 unspecified atom stereocenters. The summed E-state index contributed by atoms with van der Waals surface area (Å²) in [5.74, 6) is 1.00. The highest BCUT2D eigenvalue weighted by atomic mass is 79.9. The van der Waals surface area contributed by atoms with E-state index in [-0.39, 0.29) is 11.2 Å². The van der Waals surface area contributed by atoms with E-state index in [9.17, 15) is 4.79 Å². The van der Waals surface area contributed by atoms with Crippen molar-refractivity contribution in [1.29, 1.82) is 0 Å². The molecule has 0 saturated heterocycles. The molecule has 0 spiro atoms. The molecule has 0 aliphatic heterocycles. The fourth-order valence-electron chi connectivity index (χ4n) is 2.56. The first-order chi connectivity index (χ1) is 11.5. The zero-order valence-corrected chi connectivity index (χ0v) is 15.6. The second-order valence-corrected chi connectivity index (χ2v) is 6.53. The van der Waals surface area contributed by atoms with Gasteiger partial charge in [-0.3, -0.25) is 4.79 Å². The zero-order valence-electron chi connectivity index (χ0n) is 13.3. The largest absolute Gasteiger partial charge is 0.495 e. The van der Waals surface area contributed by atoms with Crippen molar-refractivity contribution < 1.29 is 13.9 Å². The SMILES string of the molecule is COc1ccc(-c2oc3c(Br)cc(C)cc3c(=O)c2OC)cc1Cl. The number of ether oxygens (including phenoxy) is 2. The fraction of sp³-hybridized carbons (Fsp3) is 0.167. The number of hydrogen-bond donors (Lipinski definition) is 0. The van der Waals surface area contributed by atoms with Gasteiger partial charge in [-0.05, 0) is 58.7 Å². The van der Waals surface area contributed by atoms with Crippen LogP contribution in [0, 0.1) is 6.92 Å². The summed E-state index contributed by atoms with van der Waals surface area (Å²) in [4.78, 5) is 12.8. The molecule has 6 heteroatoms. The highest BCUT2D eigenvalue weighted by Gasteiger charge is 2.19. The van der Waals surface area contributed by atoms with Gasteiger partial charge in [-0.1, -0.05) is 11.6 Å². The molecule has 124 valence electrons. The lowest BCUT2D eigenvalue weighted by Crippen LogP contribution is -2.08. The lowest BCUT2D eigenvalue weighted by molar-refractivity contribution is 0.398. The van der Waals surface area contributed by atoms with E-state index < -0.39 is 0 Å². The average Bonchev–Trinajstić information content (AvgIpc) is 2.55. The molecule has 0 saturated carbocycles. The predicted molar refractivity (Wildman–Crippen MR) is 98.5 cm³/mol. The summed E-state index contributed by atoms with van der Waals surface area (Å²) in [6.45, 7) is 1.91. The summed E-state index contributed by atoms with van der Waals surface area (Å²) >= 11 is 9.64. The molecular weight excluding hydrogens is 396 g/mol. The minimum Gasteiger partial charge on any atom is -0.495 e. The number of halogens is 2. The summed E-state index contributed by atoms with van der Waals surface area (Å²) in [6, 6.07) is 8.82. The minimum absolute atomic E-state index is 0.140. The maximum absolute atomic E-state index is 12.8. The Morgan fingerprint density at radius 2 is 1.88 bits per heavy atom. The van der Waals surface area contributed by atoms with Gasteiger partial charge in [0.05, 0.1) is 29.1 Å². The van der Waals surface area contributed by atoms with E-state index in [0.29, 0.717) is 37.5 Å². The van der Waals surface area contributed by atoms with Gasteiger partial charge in [-0.25, -0.2) is 0 Å². The van der Waals surface area contributed by atoms with Crippen molar-refractivity contribution in [3.05, 3.63) is 55.6 Å². The molecule has 0 aliphatic carbocycles. The summed E-state index contributed by atoms with van der Waals surface area (Å²) in [5.41, 5.74) is 1.81. The average molecular weight is 410 g/mol. The van der Waals surface area contributed by atoms with E-state index in [1.807, 2.05) is 13.0 Å². The first kappa shape index (κ1) is 16.9. The third kappa shape index (κ3) is 2.78. The Balaban J connectivity index is 2.36. The van der Waals surface area contributed by atoms with Gasteiger partial charge in [0.25, 0.3) is 0 Å². The van der Waals surface area contributed by atoms with Crippen LogP contribution in [0.15, 0.2) is 44.0 Å². The number of fused-ring (bicyclic) bond motifs is 1. The van der Waals surface area contributed by atoms with Gasteiger partial charge in [0, 0.05) is 5.56 Å². The van der Waals surface area contributed by atoms with E-state index in [2.05, 4.69) is 15.9 Å². The van der Waals surface area contributed by atoms with Crippen molar-refractivity contribution >= 4 is 38.5 Å². The van der Waals surface area contributed by atoms with Crippen LogP contribution in [0.4, 0.5) is 0 Å². The highest BCUT2D eigenvalue weighted by Crippen LogP contribution is 2.37. The summed E-state index contributed by atoms with van der Waals surface area (Å²) in [7, 11) is 2.98. The van der Waals surface area contributed by atoms with Crippen LogP contribution < -0.4 is 14.9 Å². The van der Waals surface area contributed by atoms with Crippen LogP contribution in [-0.4, -0.2) is 14.2 Å². The van der Waals surface area contributed by atoms with Crippen molar-refractivity contribution in [2.75, 3.05) is 14.2 Å². The molecule has 1 aromatic heterocycles. The molecule has 4 nitrogen and oxygen atoms in total. The molecule has 2 aromatic carbocycles. The standard InChI is InChI=1S/C18H14BrClO4/c1-9-6-11-15(21)18(23-3)16(24-17(11)12(19)7-9)10-4-5-14(22-2)13(20)8-10/h4-8H,1-3H3. The Morgan fingerprint density at radius 3 is 2.50 bits per heavy atom. The number of methoxy groups -OCH3 is 2. The zero-order chi connectivity index (χ0) is 17.4. The topological polar surface area (TPSA) is 48.7 Å². The Kier molecular flexibility index (Phi) is 4.56. The molecule has 0 amide bonds. The Morgan fingerprint density at radius 1 is 1.12 bits per heavy atom. The molecule has 0 N–H and O–H groups in total. The molecule has 0 atom stereocenters. The molecule has 0 bridgehead atoms. The molecule has 0 fully saturated rings. The quantitative estimate of drug-likeness (QED) is 0.596. The number of rotatable bonds is 3. The van der Waals surface area contributed by atoms with Gasteiger partial charge in [0.2, 0.25) is 11.2 Å². The van der Waals surface area contributed by atoms with Crippen LogP contribution in [-0.2, 0) is 0 Å². The third-order valence-corrected chi connectivity index (χ3v) is 4.55. The first-order valence-corrected chi connectivity index (χ1v) is 8.28. The van der Waals surface area contributed by atoms with Crippen molar-refractivity contribution in [2.24, 2.45) is 0 Å². The van der Waals surface area contributed by atoms with E-state index in [1.54, 1.807) is 24.3 Å². The predicted octanol–water partition coefficient (Wildman–Crippen LogP) is 5.20. The lowest BCUT2D eigenvalue weighted by atomic mass is 10.1. The molecular formula is C18H14BrClO4. The number of aryl methyl sites for hydroxylation is 1. The van der Waals surface area contributed by atoms with E-state index in [0.717, 1.165) is 5.56 Å². The van der Waals surface area contributed by atoms with Crippen LogP contribution in [0.1, 0.15) is 5.56 Å². The Bertz CT molecular complexity index is 994. The smallest absolute Gasteiger partial charge is 0.235 e. The molecule has 1 heterocycles. The van der Waals surface area contributed by atoms with Crippen LogP contribution in [0.3, 0.4) is 0 Å². The van der Waals surface area contributed by atoms with Crippen LogP contribution in [0.2, 0.25) is 5.02 Å². The van der Waals surface area contributed by atoms with Crippen molar-refractivity contribution in [3.63, 3.8) is 0 Å². The normalized spacial score (nSPS) is 10.9. The molecule has 0 radical (unpaired) electrons. The molecule has 0 aliphatic rings. The van der Waals surface area contributed by atoms with E-state index >= 15 is 0 Å². The van der Waals surface area contributed by atoms with Crippen molar-refractivity contribution in [2.45, 2.75) is 6.92 Å². The highest BCUT2D eigenvalue weighted by molar-refractivity contribution is 9.10. The Labute approximate surface area is 152 Å². The van der Waals surface area contributed by atoms with Crippen LogP contribution >= 0.6 is 27.5 Å². The van der Waals surface area contributed by atoms with Gasteiger partial charge >= 0.3 is 0 Å². The lowest BCUT2D eigenvalue weighted by Gasteiger charge is -2.11. The number of hydrogen-bond acceptors (Lipinski definition) is 4. The molecule has 3 aromatic rings. The van der Waals surface area contributed by atoms with Gasteiger partial charge < -0.3 is 13.9 Å². The molecule has 3 rings (SSSR count). The van der Waals surface area contributed by atoms with Crippen LogP contribution in [0.25, 0.3) is 22.3 Å². The van der Waals surface area contributed by atoms with Gasteiger partial charge in [-0.15, -0.1) is 0 Å². The van der Waals surface area contributed by atoms with Gasteiger partial charge in [0.15, 0.2) is 11.3 Å². The van der Waals surface area contributed by atoms with Gasteiger partial charge in [0.1, 0.15) is 5.75 Å². The maximum atomic E-state index is 12.8. The first-order valence-electron chi connectivity index (χ1n) is 7.11. The summed E-state index contributed by atoms with van der Waals surface area (Å²) < 4.78 is 17.2. The minimum atomic E-state index is -0.231. The third-order valence-electron chi connectivity index (χ3n) is 3.67. The fourth-order valence-corrected chi connectivity index (χ4v) is 3.47. The second kappa shape index (κ2) is 6.49.